The summed E-state index contributed by atoms with van der Waals surface area (Å²) in [4.78, 5) is 0. The maximum atomic E-state index is 5.10. The molecule has 0 atom stereocenters. The van der Waals surface area contributed by atoms with Crippen LogP contribution in [0.3, 0.4) is 0 Å². The Morgan fingerprint density at radius 1 is 0.882 bits per heavy atom. The average molecular weight is 222 g/mol. The fourth-order valence-electron chi connectivity index (χ4n) is 1.54. The SMILES string of the molecule is COc1ccc(C#Cc2cccc(C)c2)cc1. The quantitative estimate of drug-likeness (QED) is 0.672. The standard InChI is InChI=1S/C16H14O/c1-13-4-3-5-15(12-13)7-6-14-8-10-16(17-2)11-9-14/h3-5,8-12H,1-2H3. The van der Waals surface area contributed by atoms with Crippen molar-refractivity contribution in [2.75, 3.05) is 7.11 Å². The highest BCUT2D eigenvalue weighted by Gasteiger charge is 1.90. The van der Waals surface area contributed by atoms with Crippen molar-refractivity contribution in [2.45, 2.75) is 6.92 Å². The zero-order valence-corrected chi connectivity index (χ0v) is 10.0. The summed E-state index contributed by atoms with van der Waals surface area (Å²) >= 11 is 0. The lowest BCUT2D eigenvalue weighted by molar-refractivity contribution is 0.415. The van der Waals surface area contributed by atoms with Crippen molar-refractivity contribution < 1.29 is 4.74 Å². The van der Waals surface area contributed by atoms with Gasteiger partial charge in [-0.2, -0.15) is 0 Å². The van der Waals surface area contributed by atoms with Gasteiger partial charge in [-0.15, -0.1) is 0 Å². The molecule has 0 bridgehead atoms. The van der Waals surface area contributed by atoms with Crippen molar-refractivity contribution >= 4 is 0 Å². The number of ether oxygens (including phenoxy) is 1. The van der Waals surface area contributed by atoms with Crippen LogP contribution >= 0.6 is 0 Å². The second-order valence-electron chi connectivity index (χ2n) is 3.85. The lowest BCUT2D eigenvalue weighted by Crippen LogP contribution is -1.82. The molecule has 0 heterocycles. The minimum absolute atomic E-state index is 0.853. The molecular formula is C16H14O. The molecule has 0 saturated heterocycles. The van der Waals surface area contributed by atoms with E-state index in [4.69, 9.17) is 4.74 Å². The zero-order chi connectivity index (χ0) is 12.1. The van der Waals surface area contributed by atoms with E-state index in [0.29, 0.717) is 0 Å². The van der Waals surface area contributed by atoms with E-state index in [1.165, 1.54) is 5.56 Å². The first kappa shape index (κ1) is 11.3. The summed E-state index contributed by atoms with van der Waals surface area (Å²) in [5.41, 5.74) is 3.26. The molecule has 84 valence electrons. The molecule has 0 aliphatic heterocycles. The molecule has 0 spiro atoms. The maximum absolute atomic E-state index is 5.10. The highest BCUT2D eigenvalue weighted by atomic mass is 16.5. The second kappa shape index (κ2) is 5.23. The highest BCUT2D eigenvalue weighted by Crippen LogP contribution is 2.10. The Labute approximate surface area is 102 Å². The van der Waals surface area contributed by atoms with Gasteiger partial charge in [0.05, 0.1) is 7.11 Å². The minimum Gasteiger partial charge on any atom is -0.497 e. The van der Waals surface area contributed by atoms with Crippen LogP contribution in [-0.2, 0) is 0 Å². The predicted molar refractivity (Wildman–Crippen MR) is 70.2 cm³/mol. The summed E-state index contributed by atoms with van der Waals surface area (Å²) in [7, 11) is 1.66. The van der Waals surface area contributed by atoms with Crippen LogP contribution in [0.15, 0.2) is 48.5 Å². The van der Waals surface area contributed by atoms with Gasteiger partial charge in [-0.3, -0.25) is 0 Å². The molecule has 0 saturated carbocycles. The summed E-state index contributed by atoms with van der Waals surface area (Å²) in [6.07, 6.45) is 0. The Morgan fingerprint density at radius 3 is 2.24 bits per heavy atom. The van der Waals surface area contributed by atoms with Crippen LogP contribution in [0.5, 0.6) is 5.75 Å². The average Bonchev–Trinajstić information content (AvgIpc) is 2.37. The van der Waals surface area contributed by atoms with Gasteiger partial charge in [-0.25, -0.2) is 0 Å². The second-order valence-corrected chi connectivity index (χ2v) is 3.85. The molecule has 0 N–H and O–H groups in total. The first-order valence-electron chi connectivity index (χ1n) is 5.51. The van der Waals surface area contributed by atoms with E-state index in [1.807, 2.05) is 36.4 Å². The normalized spacial score (nSPS) is 9.29. The first-order chi connectivity index (χ1) is 8.28. The summed E-state index contributed by atoms with van der Waals surface area (Å²) < 4.78 is 5.10. The van der Waals surface area contributed by atoms with Gasteiger partial charge in [0.2, 0.25) is 0 Å². The van der Waals surface area contributed by atoms with Crippen molar-refractivity contribution in [3.05, 3.63) is 65.2 Å². The van der Waals surface area contributed by atoms with Gasteiger partial charge in [0.25, 0.3) is 0 Å². The third kappa shape index (κ3) is 3.12. The molecule has 2 aromatic carbocycles. The molecule has 2 rings (SSSR count). The zero-order valence-electron chi connectivity index (χ0n) is 10.0. The Morgan fingerprint density at radius 2 is 1.59 bits per heavy atom. The van der Waals surface area contributed by atoms with Gasteiger partial charge in [0.1, 0.15) is 5.75 Å². The number of benzene rings is 2. The lowest BCUT2D eigenvalue weighted by atomic mass is 10.1. The third-order valence-electron chi connectivity index (χ3n) is 2.46. The third-order valence-corrected chi connectivity index (χ3v) is 2.46. The lowest BCUT2D eigenvalue weighted by Gasteiger charge is -1.97. The molecular weight excluding hydrogens is 208 g/mol. The van der Waals surface area contributed by atoms with Crippen molar-refractivity contribution in [1.29, 1.82) is 0 Å². The number of methoxy groups -OCH3 is 1. The Kier molecular flexibility index (Phi) is 3.47. The molecule has 1 heteroatoms. The fourth-order valence-corrected chi connectivity index (χ4v) is 1.54. The van der Waals surface area contributed by atoms with E-state index in [1.54, 1.807) is 7.11 Å². The van der Waals surface area contributed by atoms with Crippen LogP contribution in [0.2, 0.25) is 0 Å². The van der Waals surface area contributed by atoms with E-state index < -0.39 is 0 Å². The maximum Gasteiger partial charge on any atom is 0.118 e. The number of hydrogen-bond acceptors (Lipinski definition) is 1. The Hall–Kier alpha value is -2.20. The summed E-state index contributed by atoms with van der Waals surface area (Å²) in [6.45, 7) is 2.07. The largest absolute Gasteiger partial charge is 0.497 e. The molecule has 2 aromatic rings. The Balaban J connectivity index is 2.20. The van der Waals surface area contributed by atoms with Gasteiger partial charge in [0.15, 0.2) is 0 Å². The summed E-state index contributed by atoms with van der Waals surface area (Å²) in [6, 6.07) is 15.9. The van der Waals surface area contributed by atoms with E-state index in [2.05, 4.69) is 30.9 Å². The van der Waals surface area contributed by atoms with Crippen LogP contribution in [0.1, 0.15) is 16.7 Å². The van der Waals surface area contributed by atoms with E-state index >= 15 is 0 Å². The molecule has 0 radical (unpaired) electrons. The van der Waals surface area contributed by atoms with Crippen LogP contribution in [0, 0.1) is 18.8 Å². The van der Waals surface area contributed by atoms with Gasteiger partial charge in [-0.05, 0) is 48.9 Å². The first-order valence-corrected chi connectivity index (χ1v) is 5.51. The van der Waals surface area contributed by atoms with Crippen LogP contribution in [0.25, 0.3) is 0 Å². The van der Waals surface area contributed by atoms with E-state index in [0.717, 1.165) is 16.9 Å². The number of aryl methyl sites for hydroxylation is 1. The molecule has 0 aliphatic carbocycles. The van der Waals surface area contributed by atoms with Gasteiger partial charge < -0.3 is 4.74 Å². The molecule has 0 aliphatic rings. The van der Waals surface area contributed by atoms with Crippen molar-refractivity contribution in [2.24, 2.45) is 0 Å². The molecule has 1 nitrogen and oxygen atoms in total. The summed E-state index contributed by atoms with van der Waals surface area (Å²) in [5, 5.41) is 0. The molecule has 0 fully saturated rings. The number of rotatable bonds is 1. The van der Waals surface area contributed by atoms with Crippen molar-refractivity contribution in [1.82, 2.24) is 0 Å². The van der Waals surface area contributed by atoms with Gasteiger partial charge >= 0.3 is 0 Å². The van der Waals surface area contributed by atoms with Crippen LogP contribution in [-0.4, -0.2) is 7.11 Å². The highest BCUT2D eigenvalue weighted by molar-refractivity contribution is 5.45. The van der Waals surface area contributed by atoms with Gasteiger partial charge in [0, 0.05) is 11.1 Å². The topological polar surface area (TPSA) is 9.23 Å². The van der Waals surface area contributed by atoms with Crippen molar-refractivity contribution in [3.8, 4) is 17.6 Å². The molecule has 0 amide bonds. The summed E-state index contributed by atoms with van der Waals surface area (Å²) in [5.74, 6) is 7.14. The minimum atomic E-state index is 0.853. The number of hydrogen-bond donors (Lipinski definition) is 0. The van der Waals surface area contributed by atoms with Crippen molar-refractivity contribution in [3.63, 3.8) is 0 Å². The smallest absolute Gasteiger partial charge is 0.118 e. The van der Waals surface area contributed by atoms with Crippen LogP contribution in [0.4, 0.5) is 0 Å². The monoisotopic (exact) mass is 222 g/mol. The molecule has 0 aromatic heterocycles. The van der Waals surface area contributed by atoms with E-state index in [9.17, 15) is 0 Å². The Bertz CT molecular complexity index is 556. The molecule has 0 unspecified atom stereocenters. The van der Waals surface area contributed by atoms with Gasteiger partial charge in [-0.1, -0.05) is 24.0 Å². The predicted octanol–water partition coefficient (Wildman–Crippen LogP) is 3.40. The fraction of sp³-hybridized carbons (Fsp3) is 0.125. The van der Waals surface area contributed by atoms with E-state index in [-0.39, 0.29) is 0 Å². The molecule has 17 heavy (non-hydrogen) atoms. The van der Waals surface area contributed by atoms with Crippen LogP contribution < -0.4 is 4.74 Å².